The third-order valence-electron chi connectivity index (χ3n) is 5.36. The molecule has 0 bridgehead atoms. The molecule has 0 spiro atoms. The minimum Gasteiger partial charge on any atom is -0.332 e. The molecule has 0 saturated carbocycles. The van der Waals surface area contributed by atoms with Crippen molar-refractivity contribution >= 4 is 17.5 Å². The summed E-state index contributed by atoms with van der Waals surface area (Å²) in [5, 5.41) is 0.739. The topological polar surface area (TPSA) is 66.1 Å². The molecule has 2 aromatic heterocycles. The van der Waals surface area contributed by atoms with Gasteiger partial charge in [0.2, 0.25) is 5.56 Å². The van der Waals surface area contributed by atoms with E-state index in [9.17, 15) is 9.59 Å². The first-order chi connectivity index (χ1) is 14.1. The van der Waals surface area contributed by atoms with Gasteiger partial charge < -0.3 is 9.88 Å². The molecule has 1 saturated heterocycles. The highest BCUT2D eigenvalue weighted by molar-refractivity contribution is 6.31. The number of amides is 1. The molecule has 1 aromatic carbocycles. The van der Waals surface area contributed by atoms with Gasteiger partial charge in [-0.15, -0.1) is 0 Å². The van der Waals surface area contributed by atoms with Gasteiger partial charge >= 0.3 is 0 Å². The van der Waals surface area contributed by atoms with E-state index < -0.39 is 0 Å². The van der Waals surface area contributed by atoms with Crippen LogP contribution < -0.4 is 5.56 Å². The van der Waals surface area contributed by atoms with Crippen LogP contribution in [0.5, 0.6) is 0 Å². The first-order valence-electron chi connectivity index (χ1n) is 9.80. The van der Waals surface area contributed by atoms with Gasteiger partial charge in [-0.05, 0) is 48.6 Å². The van der Waals surface area contributed by atoms with Crippen LogP contribution in [0.25, 0.3) is 0 Å². The van der Waals surface area contributed by atoms with E-state index in [-0.39, 0.29) is 17.5 Å². The quantitative estimate of drug-likeness (QED) is 0.697. The van der Waals surface area contributed by atoms with Crippen LogP contribution in [0.15, 0.2) is 65.7 Å². The molecular formula is C23H22ClN3O2. The lowest BCUT2D eigenvalue weighted by Gasteiger charge is -2.36. The summed E-state index contributed by atoms with van der Waals surface area (Å²) in [4.78, 5) is 33.4. The maximum Gasteiger partial charge on any atom is 0.255 e. The molecule has 1 amide bonds. The number of halogens is 1. The van der Waals surface area contributed by atoms with Gasteiger partial charge in [-0.2, -0.15) is 0 Å². The van der Waals surface area contributed by atoms with Gasteiger partial charge in [0, 0.05) is 42.1 Å². The second kappa shape index (κ2) is 8.62. The predicted octanol–water partition coefficient (Wildman–Crippen LogP) is 4.38. The maximum atomic E-state index is 13.0. The van der Waals surface area contributed by atoms with Crippen LogP contribution in [0.1, 0.15) is 52.5 Å². The van der Waals surface area contributed by atoms with Gasteiger partial charge in [0.25, 0.3) is 5.91 Å². The maximum absolute atomic E-state index is 13.0. The van der Waals surface area contributed by atoms with Crippen LogP contribution in [-0.2, 0) is 6.42 Å². The van der Waals surface area contributed by atoms with Gasteiger partial charge in [0.05, 0.1) is 11.6 Å². The average molecular weight is 408 g/mol. The van der Waals surface area contributed by atoms with Crippen LogP contribution in [0, 0.1) is 0 Å². The third-order valence-corrected chi connectivity index (χ3v) is 5.73. The molecule has 1 aliphatic rings. The molecule has 0 radical (unpaired) electrons. The number of aromatic amines is 1. The predicted molar refractivity (Wildman–Crippen MR) is 113 cm³/mol. The lowest BCUT2D eigenvalue weighted by Crippen LogP contribution is -2.38. The number of likely N-dealkylation sites (tertiary alicyclic amines) is 1. The van der Waals surface area contributed by atoms with Gasteiger partial charge in [-0.3, -0.25) is 14.6 Å². The average Bonchev–Trinajstić information content (AvgIpc) is 2.76. The smallest absolute Gasteiger partial charge is 0.255 e. The number of hydrogen-bond donors (Lipinski definition) is 1. The Morgan fingerprint density at radius 2 is 2.00 bits per heavy atom. The first-order valence-corrected chi connectivity index (χ1v) is 10.2. The molecule has 4 rings (SSSR count). The van der Waals surface area contributed by atoms with Crippen LogP contribution in [0.3, 0.4) is 0 Å². The van der Waals surface area contributed by atoms with Crippen LogP contribution in [-0.4, -0.2) is 27.3 Å². The van der Waals surface area contributed by atoms with Gasteiger partial charge in [-0.25, -0.2) is 0 Å². The molecule has 5 nitrogen and oxygen atoms in total. The number of benzene rings is 1. The fraction of sp³-hybridized carbons (Fsp3) is 0.261. The van der Waals surface area contributed by atoms with E-state index >= 15 is 0 Å². The number of carbonyl (C=O) groups excluding carboxylic acids is 1. The van der Waals surface area contributed by atoms with Crippen molar-refractivity contribution in [1.29, 1.82) is 0 Å². The van der Waals surface area contributed by atoms with Crippen molar-refractivity contribution in [2.45, 2.75) is 31.7 Å². The number of hydrogen-bond acceptors (Lipinski definition) is 3. The molecule has 1 atom stereocenters. The van der Waals surface area contributed by atoms with Gasteiger partial charge in [0.15, 0.2) is 0 Å². The molecule has 1 aliphatic heterocycles. The van der Waals surface area contributed by atoms with Gasteiger partial charge in [0.1, 0.15) is 0 Å². The molecule has 148 valence electrons. The van der Waals surface area contributed by atoms with Crippen LogP contribution in [0.2, 0.25) is 5.02 Å². The highest BCUT2D eigenvalue weighted by Crippen LogP contribution is 2.32. The normalized spacial score (nSPS) is 16.6. The summed E-state index contributed by atoms with van der Waals surface area (Å²) in [6.45, 7) is 0.698. The highest BCUT2D eigenvalue weighted by atomic mass is 35.5. The van der Waals surface area contributed by atoms with Crippen molar-refractivity contribution in [3.05, 3.63) is 98.7 Å². The Hall–Kier alpha value is -2.92. The van der Waals surface area contributed by atoms with Crippen molar-refractivity contribution < 1.29 is 4.79 Å². The van der Waals surface area contributed by atoms with E-state index in [4.69, 9.17) is 11.6 Å². The minimum atomic E-state index is -0.213. The summed E-state index contributed by atoms with van der Waals surface area (Å²) in [6.07, 6.45) is 6.98. The van der Waals surface area contributed by atoms with E-state index in [0.717, 1.165) is 41.1 Å². The van der Waals surface area contributed by atoms with Crippen LogP contribution >= 0.6 is 11.6 Å². The highest BCUT2D eigenvalue weighted by Gasteiger charge is 2.29. The number of pyridine rings is 2. The van der Waals surface area contributed by atoms with E-state index in [1.165, 1.54) is 12.3 Å². The Bertz CT molecular complexity index is 1040. The lowest BCUT2D eigenvalue weighted by molar-refractivity contribution is 0.0610. The molecule has 0 aliphatic carbocycles. The van der Waals surface area contributed by atoms with E-state index in [1.54, 1.807) is 6.07 Å². The number of piperidine rings is 1. The fourth-order valence-corrected chi connectivity index (χ4v) is 4.01. The molecule has 29 heavy (non-hydrogen) atoms. The number of rotatable bonds is 4. The van der Waals surface area contributed by atoms with E-state index in [0.29, 0.717) is 18.5 Å². The summed E-state index contributed by atoms with van der Waals surface area (Å²) < 4.78 is 0. The standard InChI is InChI=1S/C23H22ClN3O2/c24-20-6-2-1-5-16(20)13-19-10-8-17(14-25-19)21-7-3-4-12-27(21)23(29)18-9-11-22(28)26-15-18/h1-2,5-6,8-11,14-15,21H,3-4,7,12-13H2,(H,26,28)/t21-/m1/s1. The van der Waals surface area contributed by atoms with Crippen molar-refractivity contribution in [1.82, 2.24) is 14.9 Å². The summed E-state index contributed by atoms with van der Waals surface area (Å²) >= 11 is 6.26. The Balaban J connectivity index is 1.54. The zero-order valence-electron chi connectivity index (χ0n) is 16.0. The Kier molecular flexibility index (Phi) is 5.76. The minimum absolute atomic E-state index is 0.00922. The second-order valence-corrected chi connectivity index (χ2v) is 7.71. The summed E-state index contributed by atoms with van der Waals surface area (Å²) in [5.74, 6) is -0.0638. The molecule has 3 heterocycles. The second-order valence-electron chi connectivity index (χ2n) is 7.30. The Morgan fingerprint density at radius 3 is 2.72 bits per heavy atom. The third kappa shape index (κ3) is 4.40. The van der Waals surface area contributed by atoms with Crippen molar-refractivity contribution in [3.63, 3.8) is 0 Å². The SMILES string of the molecule is O=C(c1ccc(=O)[nH]c1)N1CCCC[C@@H]1c1ccc(Cc2ccccc2Cl)nc1. The first kappa shape index (κ1) is 19.4. The Labute approximate surface area is 174 Å². The number of carbonyl (C=O) groups is 1. The number of nitrogens with one attached hydrogen (secondary N) is 1. The summed E-state index contributed by atoms with van der Waals surface area (Å²) in [6, 6.07) is 14.8. The zero-order valence-corrected chi connectivity index (χ0v) is 16.7. The molecule has 1 N–H and O–H groups in total. The van der Waals surface area contributed by atoms with Crippen molar-refractivity contribution in [2.75, 3.05) is 6.54 Å². The molecule has 6 heteroatoms. The monoisotopic (exact) mass is 407 g/mol. The van der Waals surface area contributed by atoms with E-state index in [2.05, 4.69) is 16.0 Å². The van der Waals surface area contributed by atoms with Crippen molar-refractivity contribution in [3.8, 4) is 0 Å². The molecular weight excluding hydrogens is 386 g/mol. The largest absolute Gasteiger partial charge is 0.332 e. The Morgan fingerprint density at radius 1 is 1.14 bits per heavy atom. The molecule has 0 unspecified atom stereocenters. The molecule has 1 fully saturated rings. The van der Waals surface area contributed by atoms with Crippen molar-refractivity contribution in [2.24, 2.45) is 0 Å². The van der Waals surface area contributed by atoms with Gasteiger partial charge in [-0.1, -0.05) is 35.9 Å². The van der Waals surface area contributed by atoms with Crippen LogP contribution in [0.4, 0.5) is 0 Å². The molecule has 3 aromatic rings. The summed E-state index contributed by atoms with van der Waals surface area (Å²) in [7, 11) is 0. The number of aromatic nitrogens is 2. The zero-order chi connectivity index (χ0) is 20.2. The fourth-order valence-electron chi connectivity index (χ4n) is 3.81. The lowest BCUT2D eigenvalue weighted by atomic mass is 9.95. The summed E-state index contributed by atoms with van der Waals surface area (Å²) in [5.41, 5.74) is 3.30. The number of nitrogens with zero attached hydrogens (tertiary/aromatic N) is 2. The van der Waals surface area contributed by atoms with E-state index in [1.807, 2.05) is 41.4 Å². The number of H-pyrrole nitrogens is 1.